The van der Waals surface area contributed by atoms with Gasteiger partial charge in [0.1, 0.15) is 0 Å². The number of hydrogen-bond acceptors (Lipinski definition) is 3. The Labute approximate surface area is 160 Å². The molecule has 0 saturated heterocycles. The van der Waals surface area contributed by atoms with Gasteiger partial charge in [-0.2, -0.15) is 0 Å². The van der Waals surface area contributed by atoms with Crippen LogP contribution in [0.25, 0.3) is 0 Å². The highest BCUT2D eigenvalue weighted by atomic mass is 127. The van der Waals surface area contributed by atoms with Crippen LogP contribution in [0.1, 0.15) is 20.3 Å². The monoisotopic (exact) mass is 474 g/mol. The average molecular weight is 475 g/mol. The van der Waals surface area contributed by atoms with E-state index in [0.29, 0.717) is 23.6 Å². The van der Waals surface area contributed by atoms with Gasteiger partial charge in [0.05, 0.1) is 4.90 Å². The minimum Gasteiger partial charge on any atom is -0.355 e. The minimum absolute atomic E-state index is 0. The molecule has 0 radical (unpaired) electrons. The smallest absolute Gasteiger partial charge is 0.240 e. The second kappa shape index (κ2) is 11.1. The van der Waals surface area contributed by atoms with Crippen molar-refractivity contribution in [2.45, 2.75) is 31.2 Å². The quantitative estimate of drug-likeness (QED) is 0.245. The standard InChI is InChI=1S/C14H23ClN4O2S.HI/c1-4-11(2)19-14(16-3)17-8-9-18-22(20,21)13-7-5-6-12(15)10-13;/h5-7,10-11,18H,4,8-9H2,1-3H3,(H2,16,17,19);1H. The lowest BCUT2D eigenvalue weighted by molar-refractivity contribution is 0.579. The summed E-state index contributed by atoms with van der Waals surface area (Å²) in [5.74, 6) is 0.649. The third-order valence-corrected chi connectivity index (χ3v) is 4.73. The molecule has 0 spiro atoms. The van der Waals surface area contributed by atoms with Crippen molar-refractivity contribution in [3.63, 3.8) is 0 Å². The van der Waals surface area contributed by atoms with Crippen LogP contribution in [-0.4, -0.2) is 40.6 Å². The lowest BCUT2D eigenvalue weighted by Gasteiger charge is -2.16. The van der Waals surface area contributed by atoms with Gasteiger partial charge in [0, 0.05) is 31.2 Å². The zero-order chi connectivity index (χ0) is 16.6. The van der Waals surface area contributed by atoms with Crippen molar-refractivity contribution >= 4 is 51.6 Å². The zero-order valence-corrected chi connectivity index (χ0v) is 17.4. The van der Waals surface area contributed by atoms with Gasteiger partial charge >= 0.3 is 0 Å². The molecule has 6 nitrogen and oxygen atoms in total. The first kappa shape index (κ1) is 22.4. The Bertz CT molecular complexity index is 611. The van der Waals surface area contributed by atoms with Gasteiger partial charge in [0.25, 0.3) is 0 Å². The summed E-state index contributed by atoms with van der Waals surface area (Å²) in [5, 5.41) is 6.64. The number of halogens is 2. The molecule has 3 N–H and O–H groups in total. The molecule has 0 fully saturated rings. The van der Waals surface area contributed by atoms with Crippen LogP contribution in [0.4, 0.5) is 0 Å². The van der Waals surface area contributed by atoms with E-state index in [1.54, 1.807) is 19.2 Å². The fraction of sp³-hybridized carbons (Fsp3) is 0.500. The maximum Gasteiger partial charge on any atom is 0.240 e. The first-order valence-electron chi connectivity index (χ1n) is 7.11. The number of hydrogen-bond donors (Lipinski definition) is 3. The van der Waals surface area contributed by atoms with Crippen molar-refractivity contribution in [3.05, 3.63) is 29.3 Å². The van der Waals surface area contributed by atoms with Crippen molar-refractivity contribution in [3.8, 4) is 0 Å². The van der Waals surface area contributed by atoms with Gasteiger partial charge in [-0.3, -0.25) is 4.99 Å². The van der Waals surface area contributed by atoms with Crippen molar-refractivity contribution in [1.82, 2.24) is 15.4 Å². The maximum absolute atomic E-state index is 12.1. The highest BCUT2D eigenvalue weighted by Gasteiger charge is 2.13. The Kier molecular flexibility index (Phi) is 10.8. The summed E-state index contributed by atoms with van der Waals surface area (Å²) in [5.41, 5.74) is 0. The molecule has 1 aromatic carbocycles. The zero-order valence-electron chi connectivity index (χ0n) is 13.5. The molecule has 0 heterocycles. The van der Waals surface area contributed by atoms with Gasteiger partial charge in [0.2, 0.25) is 10.0 Å². The molecule has 23 heavy (non-hydrogen) atoms. The predicted molar refractivity (Wildman–Crippen MR) is 106 cm³/mol. The molecule has 1 rings (SSSR count). The number of aliphatic imine (C=N–C) groups is 1. The molecule has 0 saturated carbocycles. The lowest BCUT2D eigenvalue weighted by atomic mass is 10.3. The van der Waals surface area contributed by atoms with Crippen molar-refractivity contribution in [2.75, 3.05) is 20.1 Å². The van der Waals surface area contributed by atoms with E-state index in [0.717, 1.165) is 6.42 Å². The molecule has 1 atom stereocenters. The molecule has 0 aliphatic heterocycles. The van der Waals surface area contributed by atoms with Crippen LogP contribution < -0.4 is 15.4 Å². The predicted octanol–water partition coefficient (Wildman–Crippen LogP) is 2.20. The molecular weight excluding hydrogens is 451 g/mol. The third kappa shape index (κ3) is 8.18. The third-order valence-electron chi connectivity index (χ3n) is 3.04. The fourth-order valence-electron chi connectivity index (χ4n) is 1.61. The number of benzene rings is 1. The van der Waals surface area contributed by atoms with E-state index in [4.69, 9.17) is 11.6 Å². The normalized spacial score (nSPS) is 13.1. The minimum atomic E-state index is -3.55. The molecule has 9 heteroatoms. The summed E-state index contributed by atoms with van der Waals surface area (Å²) >= 11 is 5.81. The fourth-order valence-corrected chi connectivity index (χ4v) is 2.95. The van der Waals surface area contributed by atoms with E-state index < -0.39 is 10.0 Å². The van der Waals surface area contributed by atoms with Crippen LogP contribution in [0.5, 0.6) is 0 Å². The van der Waals surface area contributed by atoms with Crippen LogP contribution in [0.3, 0.4) is 0 Å². The van der Waals surface area contributed by atoms with Crippen LogP contribution in [0, 0.1) is 0 Å². The summed E-state index contributed by atoms with van der Waals surface area (Å²) in [6, 6.07) is 6.46. The van der Waals surface area contributed by atoms with Gasteiger partial charge in [-0.05, 0) is 31.5 Å². The van der Waals surface area contributed by atoms with E-state index in [1.807, 2.05) is 0 Å². The molecule has 0 aliphatic carbocycles. The molecule has 132 valence electrons. The number of sulfonamides is 1. The summed E-state index contributed by atoms with van der Waals surface area (Å²) in [6.07, 6.45) is 0.974. The van der Waals surface area contributed by atoms with Gasteiger partial charge in [-0.25, -0.2) is 13.1 Å². The Hall–Kier alpha value is -0.580. The van der Waals surface area contributed by atoms with Crippen LogP contribution in [-0.2, 0) is 10.0 Å². The van der Waals surface area contributed by atoms with Crippen LogP contribution >= 0.6 is 35.6 Å². The molecule has 0 aromatic heterocycles. The van der Waals surface area contributed by atoms with E-state index in [1.165, 1.54) is 12.1 Å². The first-order chi connectivity index (χ1) is 10.4. The highest BCUT2D eigenvalue weighted by Crippen LogP contribution is 2.14. The number of nitrogens with one attached hydrogen (secondary N) is 3. The largest absolute Gasteiger partial charge is 0.355 e. The van der Waals surface area contributed by atoms with Gasteiger partial charge in [0.15, 0.2) is 5.96 Å². The molecular formula is C14H24ClIN4O2S. The average Bonchev–Trinajstić information content (AvgIpc) is 2.50. The number of nitrogens with zero attached hydrogens (tertiary/aromatic N) is 1. The second-order valence-corrected chi connectivity index (χ2v) is 7.01. The van der Waals surface area contributed by atoms with E-state index in [9.17, 15) is 8.42 Å². The highest BCUT2D eigenvalue weighted by molar-refractivity contribution is 14.0. The molecule has 1 aromatic rings. The Morgan fingerprint density at radius 1 is 1.35 bits per heavy atom. The van der Waals surface area contributed by atoms with Gasteiger partial charge in [-0.1, -0.05) is 24.6 Å². The van der Waals surface area contributed by atoms with Crippen LogP contribution in [0.15, 0.2) is 34.2 Å². The Morgan fingerprint density at radius 2 is 2.04 bits per heavy atom. The van der Waals surface area contributed by atoms with Crippen molar-refractivity contribution < 1.29 is 8.42 Å². The maximum atomic E-state index is 12.1. The molecule has 0 bridgehead atoms. The summed E-state index contributed by atoms with van der Waals surface area (Å²) in [6.45, 7) is 4.80. The lowest BCUT2D eigenvalue weighted by Crippen LogP contribution is -2.44. The van der Waals surface area contributed by atoms with Crippen molar-refractivity contribution in [2.24, 2.45) is 4.99 Å². The summed E-state index contributed by atoms with van der Waals surface area (Å²) in [7, 11) is -1.88. The summed E-state index contributed by atoms with van der Waals surface area (Å²) < 4.78 is 26.7. The van der Waals surface area contributed by atoms with E-state index in [-0.39, 0.29) is 35.4 Å². The molecule has 0 aliphatic rings. The number of guanidine groups is 1. The van der Waals surface area contributed by atoms with Crippen molar-refractivity contribution in [1.29, 1.82) is 0 Å². The molecule has 1 unspecified atom stereocenters. The Balaban J connectivity index is 0.00000484. The topological polar surface area (TPSA) is 82.6 Å². The van der Waals surface area contributed by atoms with E-state index >= 15 is 0 Å². The van der Waals surface area contributed by atoms with Gasteiger partial charge < -0.3 is 10.6 Å². The summed E-state index contributed by atoms with van der Waals surface area (Å²) in [4.78, 5) is 4.23. The molecule has 0 amide bonds. The second-order valence-electron chi connectivity index (χ2n) is 4.81. The van der Waals surface area contributed by atoms with Crippen LogP contribution in [0.2, 0.25) is 5.02 Å². The SMILES string of the molecule is CCC(C)NC(=NC)NCCNS(=O)(=O)c1cccc(Cl)c1.I. The first-order valence-corrected chi connectivity index (χ1v) is 8.97. The van der Waals surface area contributed by atoms with Gasteiger partial charge in [-0.15, -0.1) is 24.0 Å². The van der Waals surface area contributed by atoms with E-state index in [2.05, 4.69) is 34.2 Å². The Morgan fingerprint density at radius 3 is 2.61 bits per heavy atom. The number of rotatable bonds is 7.